The van der Waals surface area contributed by atoms with Gasteiger partial charge in [-0.2, -0.15) is 0 Å². The van der Waals surface area contributed by atoms with Crippen LogP contribution < -0.4 is 0 Å². The molecule has 1 aliphatic carbocycles. The normalized spacial score (nSPS) is 37.3. The molecule has 1 spiro atoms. The maximum absolute atomic E-state index is 11.6. The third kappa shape index (κ3) is 1.19. The van der Waals surface area contributed by atoms with Gasteiger partial charge in [-0.25, -0.2) is 0 Å². The van der Waals surface area contributed by atoms with E-state index in [1.54, 1.807) is 0 Å². The molecule has 1 heterocycles. The van der Waals surface area contributed by atoms with Crippen LogP contribution in [0, 0.1) is 11.3 Å². The lowest BCUT2D eigenvalue weighted by molar-refractivity contribution is -0.156. The lowest BCUT2D eigenvalue weighted by atomic mass is 9.67. The monoisotopic (exact) mass is 194 g/mol. The first kappa shape index (κ1) is 9.44. The van der Waals surface area contributed by atoms with E-state index in [9.17, 15) is 9.59 Å². The minimum Gasteiger partial charge on any atom is -0.393 e. The summed E-state index contributed by atoms with van der Waals surface area (Å²) >= 11 is 0. The zero-order chi connectivity index (χ0) is 10.3. The van der Waals surface area contributed by atoms with Gasteiger partial charge in [0.15, 0.2) is 0 Å². The second kappa shape index (κ2) is 2.94. The first-order valence-electron chi connectivity index (χ1n) is 4.97. The van der Waals surface area contributed by atoms with E-state index < -0.39 is 5.41 Å². The van der Waals surface area contributed by atoms with Gasteiger partial charge in [0, 0.05) is 0 Å². The topological polar surface area (TPSA) is 43.4 Å². The van der Waals surface area contributed by atoms with Crippen LogP contribution in [-0.4, -0.2) is 11.9 Å². The highest BCUT2D eigenvalue weighted by molar-refractivity contribution is 5.97. The van der Waals surface area contributed by atoms with Crippen LogP contribution in [0.15, 0.2) is 11.6 Å². The number of cyclic esters (lactones) is 2. The fourth-order valence-corrected chi connectivity index (χ4v) is 2.43. The molecule has 0 amide bonds. The van der Waals surface area contributed by atoms with Crippen molar-refractivity contribution < 1.29 is 14.3 Å². The Balaban J connectivity index is 2.33. The van der Waals surface area contributed by atoms with E-state index in [2.05, 4.69) is 17.7 Å². The molecular weight excluding hydrogens is 180 g/mol. The molecule has 76 valence electrons. The maximum atomic E-state index is 11.6. The number of hydrogen-bond acceptors (Lipinski definition) is 3. The number of carbonyl (C=O) groups excluding carboxylic acids is 2. The molecule has 0 aromatic carbocycles. The Morgan fingerprint density at radius 3 is 2.71 bits per heavy atom. The van der Waals surface area contributed by atoms with E-state index in [1.807, 2.05) is 6.92 Å². The average Bonchev–Trinajstić information content (AvgIpc) is 2.37. The Hall–Kier alpha value is -1.12. The number of esters is 2. The fraction of sp³-hybridized carbons (Fsp3) is 0.636. The molecule has 2 aliphatic rings. The highest BCUT2D eigenvalue weighted by Crippen LogP contribution is 2.47. The fourth-order valence-electron chi connectivity index (χ4n) is 2.43. The highest BCUT2D eigenvalue weighted by atomic mass is 16.6. The molecule has 0 bridgehead atoms. The molecule has 0 aromatic heterocycles. The maximum Gasteiger partial charge on any atom is 0.320 e. The van der Waals surface area contributed by atoms with Crippen molar-refractivity contribution in [1.82, 2.24) is 0 Å². The molecular formula is C11H14O3. The van der Waals surface area contributed by atoms with Crippen LogP contribution in [-0.2, 0) is 14.3 Å². The lowest BCUT2D eigenvalue weighted by Gasteiger charge is -2.32. The van der Waals surface area contributed by atoms with Gasteiger partial charge in [0.05, 0.1) is 11.8 Å². The van der Waals surface area contributed by atoms with Gasteiger partial charge in [0.2, 0.25) is 0 Å². The number of hydrogen-bond donors (Lipinski definition) is 0. The molecule has 1 aliphatic heterocycles. The minimum absolute atomic E-state index is 0.121. The van der Waals surface area contributed by atoms with Gasteiger partial charge in [-0.15, -0.1) is 0 Å². The van der Waals surface area contributed by atoms with Crippen LogP contribution >= 0.6 is 0 Å². The van der Waals surface area contributed by atoms with E-state index in [1.165, 1.54) is 5.57 Å². The number of rotatable bonds is 0. The van der Waals surface area contributed by atoms with Gasteiger partial charge in [-0.3, -0.25) is 9.59 Å². The van der Waals surface area contributed by atoms with Gasteiger partial charge in [-0.1, -0.05) is 18.6 Å². The molecule has 0 saturated carbocycles. The molecule has 2 rings (SSSR count). The Kier molecular flexibility index (Phi) is 1.98. The summed E-state index contributed by atoms with van der Waals surface area (Å²) in [7, 11) is 0. The largest absolute Gasteiger partial charge is 0.393 e. The molecule has 1 saturated heterocycles. The van der Waals surface area contributed by atoms with E-state index >= 15 is 0 Å². The number of carbonyl (C=O) groups is 2. The Morgan fingerprint density at radius 2 is 2.21 bits per heavy atom. The second-order valence-electron chi connectivity index (χ2n) is 4.40. The quantitative estimate of drug-likeness (QED) is 0.335. The summed E-state index contributed by atoms with van der Waals surface area (Å²) in [5, 5.41) is 0. The number of ether oxygens (including phenoxy) is 1. The summed E-state index contributed by atoms with van der Waals surface area (Å²) in [6.45, 7) is 4.05. The minimum atomic E-state index is -0.545. The first-order valence-corrected chi connectivity index (χ1v) is 4.97. The van der Waals surface area contributed by atoms with Crippen LogP contribution in [0.5, 0.6) is 0 Å². The van der Waals surface area contributed by atoms with Crippen molar-refractivity contribution in [2.45, 2.75) is 33.1 Å². The van der Waals surface area contributed by atoms with Crippen molar-refractivity contribution in [2.24, 2.45) is 11.3 Å². The molecule has 2 unspecified atom stereocenters. The highest BCUT2D eigenvalue weighted by Gasteiger charge is 2.52. The van der Waals surface area contributed by atoms with Crippen LogP contribution in [0.2, 0.25) is 0 Å². The molecule has 14 heavy (non-hydrogen) atoms. The Labute approximate surface area is 83.1 Å². The summed E-state index contributed by atoms with van der Waals surface area (Å²) < 4.78 is 4.65. The predicted molar refractivity (Wildman–Crippen MR) is 50.3 cm³/mol. The zero-order valence-electron chi connectivity index (χ0n) is 8.50. The van der Waals surface area contributed by atoms with Gasteiger partial charge in [0.1, 0.15) is 0 Å². The van der Waals surface area contributed by atoms with E-state index in [0.29, 0.717) is 0 Å². The molecule has 1 fully saturated rings. The predicted octanol–water partition coefficient (Wildman–Crippen LogP) is 1.82. The van der Waals surface area contributed by atoms with Gasteiger partial charge in [0.25, 0.3) is 0 Å². The van der Waals surface area contributed by atoms with Crippen molar-refractivity contribution in [1.29, 1.82) is 0 Å². The number of allylic oxidation sites excluding steroid dienone is 2. The van der Waals surface area contributed by atoms with Crippen molar-refractivity contribution in [3.63, 3.8) is 0 Å². The summed E-state index contributed by atoms with van der Waals surface area (Å²) in [5.74, 6) is -0.566. The average molecular weight is 194 g/mol. The molecule has 0 N–H and O–H groups in total. The first-order chi connectivity index (χ1) is 6.54. The molecule has 0 radical (unpaired) electrons. The van der Waals surface area contributed by atoms with Gasteiger partial charge < -0.3 is 4.74 Å². The summed E-state index contributed by atoms with van der Waals surface area (Å²) in [4.78, 5) is 22.7. The van der Waals surface area contributed by atoms with Crippen LogP contribution in [0.4, 0.5) is 0 Å². The van der Waals surface area contributed by atoms with Crippen LogP contribution in [0.3, 0.4) is 0 Å². The summed E-state index contributed by atoms with van der Waals surface area (Å²) in [5.41, 5.74) is 0.756. The van der Waals surface area contributed by atoms with Gasteiger partial charge >= 0.3 is 11.9 Å². The Bertz CT molecular complexity index is 329. The molecule has 0 aromatic rings. The summed E-state index contributed by atoms with van der Waals surface area (Å²) in [6, 6.07) is 0. The third-order valence-corrected chi connectivity index (χ3v) is 3.44. The van der Waals surface area contributed by atoms with E-state index in [-0.39, 0.29) is 24.3 Å². The molecule has 2 atom stereocenters. The second-order valence-corrected chi connectivity index (χ2v) is 4.40. The van der Waals surface area contributed by atoms with Gasteiger partial charge in [-0.05, 0) is 25.7 Å². The van der Waals surface area contributed by atoms with E-state index in [0.717, 1.165) is 12.8 Å². The lowest BCUT2D eigenvalue weighted by Crippen LogP contribution is -2.35. The standard InChI is InChI=1S/C11H14O3/c1-7-3-4-11(8(2)5-7)6-9(12)14-10(11)13/h5,8H,3-4,6H2,1-2H3. The van der Waals surface area contributed by atoms with Crippen molar-refractivity contribution in [3.05, 3.63) is 11.6 Å². The molecule has 3 nitrogen and oxygen atoms in total. The van der Waals surface area contributed by atoms with Crippen LogP contribution in [0.1, 0.15) is 33.1 Å². The zero-order valence-corrected chi connectivity index (χ0v) is 8.50. The summed E-state index contributed by atoms with van der Waals surface area (Å²) in [6.07, 6.45) is 3.99. The van der Waals surface area contributed by atoms with Crippen molar-refractivity contribution >= 4 is 11.9 Å². The van der Waals surface area contributed by atoms with E-state index in [4.69, 9.17) is 0 Å². The van der Waals surface area contributed by atoms with Crippen molar-refractivity contribution in [3.8, 4) is 0 Å². The smallest absolute Gasteiger partial charge is 0.320 e. The van der Waals surface area contributed by atoms with Crippen LogP contribution in [0.25, 0.3) is 0 Å². The SMILES string of the molecule is CC1=CC(C)C2(CC1)CC(=O)OC2=O. The Morgan fingerprint density at radius 1 is 1.50 bits per heavy atom. The molecule has 3 heteroatoms. The van der Waals surface area contributed by atoms with Crippen molar-refractivity contribution in [2.75, 3.05) is 0 Å². The third-order valence-electron chi connectivity index (χ3n) is 3.44.